The molecule has 1 aliphatic rings. The minimum Gasteiger partial charge on any atom is -0.479 e. The van der Waals surface area contributed by atoms with E-state index in [9.17, 15) is 9.59 Å². The van der Waals surface area contributed by atoms with Crippen molar-refractivity contribution in [2.45, 2.75) is 12.5 Å². The third-order valence-electron chi connectivity index (χ3n) is 3.02. The molecule has 1 aliphatic heterocycles. The minimum absolute atomic E-state index is 0.0593. The maximum absolute atomic E-state index is 11.7. The molecule has 5 nitrogen and oxygen atoms in total. The van der Waals surface area contributed by atoms with E-state index in [0.29, 0.717) is 29.3 Å². The van der Waals surface area contributed by atoms with Crippen LogP contribution in [0.15, 0.2) is 24.3 Å². The smallest absolute Gasteiger partial charge is 0.328 e. The lowest BCUT2D eigenvalue weighted by atomic mass is 10.2. The molecule has 106 valence electrons. The zero-order valence-corrected chi connectivity index (χ0v) is 11.6. The molecule has 0 saturated carbocycles. The first-order valence-electron chi connectivity index (χ1n) is 6.09. The van der Waals surface area contributed by atoms with Gasteiger partial charge in [-0.2, -0.15) is 0 Å². The fourth-order valence-corrected chi connectivity index (χ4v) is 2.17. The molecule has 0 aromatic heterocycles. The predicted molar refractivity (Wildman–Crippen MR) is 74.8 cm³/mol. The van der Waals surface area contributed by atoms with E-state index >= 15 is 0 Å². The van der Waals surface area contributed by atoms with Crippen LogP contribution in [-0.4, -0.2) is 41.6 Å². The summed E-state index contributed by atoms with van der Waals surface area (Å²) in [6.45, 7) is 0.667. The van der Waals surface area contributed by atoms with Gasteiger partial charge in [0.05, 0.1) is 5.02 Å². The lowest BCUT2D eigenvalue weighted by Gasteiger charge is -2.14. The van der Waals surface area contributed by atoms with Gasteiger partial charge in [0.1, 0.15) is 5.75 Å². The molecule has 6 heteroatoms. The number of nitrogens with zero attached hydrogens (tertiary/aromatic N) is 1. The van der Waals surface area contributed by atoms with Gasteiger partial charge in [-0.1, -0.05) is 17.7 Å². The van der Waals surface area contributed by atoms with Gasteiger partial charge in [-0.3, -0.25) is 4.79 Å². The maximum atomic E-state index is 11.7. The van der Waals surface area contributed by atoms with E-state index in [4.69, 9.17) is 21.4 Å². The van der Waals surface area contributed by atoms with Crippen molar-refractivity contribution in [3.8, 4) is 5.75 Å². The van der Waals surface area contributed by atoms with E-state index < -0.39 is 12.1 Å². The van der Waals surface area contributed by atoms with Crippen LogP contribution in [-0.2, 0) is 9.59 Å². The van der Waals surface area contributed by atoms with Crippen molar-refractivity contribution in [1.82, 2.24) is 4.90 Å². The third-order valence-corrected chi connectivity index (χ3v) is 3.32. The Labute approximate surface area is 121 Å². The molecular formula is C14H14ClNO4. The standard InChI is InChI=1S/C14H14ClNO4/c1-16-7-6-12(14(16)19)20-11-4-2-9(8-10(11)15)3-5-13(17)18/h2-5,8,12H,6-7H2,1H3,(H,17,18). The molecule has 0 aliphatic carbocycles. The molecule has 0 spiro atoms. The Morgan fingerprint density at radius 2 is 2.30 bits per heavy atom. The van der Waals surface area contributed by atoms with Crippen molar-refractivity contribution < 1.29 is 19.4 Å². The van der Waals surface area contributed by atoms with Crippen molar-refractivity contribution in [1.29, 1.82) is 0 Å². The Balaban J connectivity index is 2.10. The maximum Gasteiger partial charge on any atom is 0.328 e. The molecule has 0 radical (unpaired) electrons. The Morgan fingerprint density at radius 3 is 2.85 bits per heavy atom. The van der Waals surface area contributed by atoms with Gasteiger partial charge in [0, 0.05) is 26.1 Å². The second-order valence-corrected chi connectivity index (χ2v) is 4.92. The number of aliphatic carboxylic acids is 1. The van der Waals surface area contributed by atoms with Crippen molar-refractivity contribution >= 4 is 29.6 Å². The second-order valence-electron chi connectivity index (χ2n) is 4.52. The van der Waals surface area contributed by atoms with Gasteiger partial charge in [0.2, 0.25) is 0 Å². The first kappa shape index (κ1) is 14.4. The highest BCUT2D eigenvalue weighted by Gasteiger charge is 2.31. The number of carbonyl (C=O) groups excluding carboxylic acids is 1. The zero-order chi connectivity index (χ0) is 14.7. The Hall–Kier alpha value is -2.01. The molecule has 1 fully saturated rings. The Morgan fingerprint density at radius 1 is 1.55 bits per heavy atom. The van der Waals surface area contributed by atoms with Crippen LogP contribution in [0.2, 0.25) is 5.02 Å². The van der Waals surface area contributed by atoms with Crippen LogP contribution in [0, 0.1) is 0 Å². The topological polar surface area (TPSA) is 66.8 Å². The van der Waals surface area contributed by atoms with Crippen LogP contribution >= 0.6 is 11.6 Å². The molecule has 2 rings (SSSR count). The normalized spacial score (nSPS) is 18.8. The monoisotopic (exact) mass is 295 g/mol. The van der Waals surface area contributed by atoms with Gasteiger partial charge >= 0.3 is 5.97 Å². The fourth-order valence-electron chi connectivity index (χ4n) is 1.94. The van der Waals surface area contributed by atoms with Gasteiger partial charge in [0.25, 0.3) is 5.91 Å². The highest BCUT2D eigenvalue weighted by atomic mass is 35.5. The van der Waals surface area contributed by atoms with Crippen LogP contribution < -0.4 is 4.74 Å². The highest BCUT2D eigenvalue weighted by Crippen LogP contribution is 2.28. The zero-order valence-electron chi connectivity index (χ0n) is 10.9. The van der Waals surface area contributed by atoms with E-state index in [1.54, 1.807) is 30.1 Å². The van der Waals surface area contributed by atoms with Gasteiger partial charge < -0.3 is 14.7 Å². The number of hydrogen-bond donors (Lipinski definition) is 1. The molecule has 1 atom stereocenters. The number of hydrogen-bond acceptors (Lipinski definition) is 3. The summed E-state index contributed by atoms with van der Waals surface area (Å²) in [6.07, 6.45) is 2.60. The van der Waals surface area contributed by atoms with Crippen molar-refractivity contribution in [3.05, 3.63) is 34.9 Å². The number of carboxylic acid groups (broad SMARTS) is 1. The number of likely N-dealkylation sites (tertiary alicyclic amines) is 1. The molecule has 1 unspecified atom stereocenters. The van der Waals surface area contributed by atoms with Gasteiger partial charge in [-0.15, -0.1) is 0 Å². The van der Waals surface area contributed by atoms with Gasteiger partial charge in [-0.25, -0.2) is 4.79 Å². The number of carboxylic acids is 1. The summed E-state index contributed by atoms with van der Waals surface area (Å²) in [7, 11) is 1.73. The van der Waals surface area contributed by atoms with E-state index in [1.807, 2.05) is 0 Å². The average Bonchev–Trinajstić information content (AvgIpc) is 2.71. The van der Waals surface area contributed by atoms with Crippen LogP contribution in [0.25, 0.3) is 6.08 Å². The number of amides is 1. The average molecular weight is 296 g/mol. The fraction of sp³-hybridized carbons (Fsp3) is 0.286. The number of ether oxygens (including phenoxy) is 1. The van der Waals surface area contributed by atoms with Crippen LogP contribution in [0.3, 0.4) is 0 Å². The predicted octanol–water partition coefficient (Wildman–Crippen LogP) is 2.05. The minimum atomic E-state index is -1.03. The number of rotatable bonds is 4. The van der Waals surface area contributed by atoms with Crippen molar-refractivity contribution in [2.75, 3.05) is 13.6 Å². The van der Waals surface area contributed by atoms with E-state index in [0.717, 1.165) is 6.08 Å². The van der Waals surface area contributed by atoms with E-state index in [2.05, 4.69) is 0 Å². The van der Waals surface area contributed by atoms with Crippen LogP contribution in [0.1, 0.15) is 12.0 Å². The molecule has 0 bridgehead atoms. The highest BCUT2D eigenvalue weighted by molar-refractivity contribution is 6.32. The number of halogens is 1. The van der Waals surface area contributed by atoms with Crippen LogP contribution in [0.5, 0.6) is 5.75 Å². The molecule has 1 saturated heterocycles. The Bertz CT molecular complexity index is 570. The summed E-state index contributed by atoms with van der Waals surface area (Å²) in [6, 6.07) is 4.92. The third kappa shape index (κ3) is 3.30. The van der Waals surface area contributed by atoms with E-state index in [-0.39, 0.29) is 5.91 Å². The molecule has 1 N–H and O–H groups in total. The van der Waals surface area contributed by atoms with Crippen molar-refractivity contribution in [2.24, 2.45) is 0 Å². The summed E-state index contributed by atoms with van der Waals surface area (Å²) in [4.78, 5) is 23.8. The lowest BCUT2D eigenvalue weighted by molar-refractivity contribution is -0.132. The summed E-state index contributed by atoms with van der Waals surface area (Å²) in [5.74, 6) is -0.662. The summed E-state index contributed by atoms with van der Waals surface area (Å²) in [5, 5.41) is 8.90. The largest absolute Gasteiger partial charge is 0.479 e. The molecule has 1 aromatic rings. The first-order valence-corrected chi connectivity index (χ1v) is 6.47. The molecular weight excluding hydrogens is 282 g/mol. The molecule has 1 amide bonds. The van der Waals surface area contributed by atoms with Gasteiger partial charge in [0.15, 0.2) is 6.10 Å². The SMILES string of the molecule is CN1CCC(Oc2ccc(C=CC(=O)O)cc2Cl)C1=O. The number of benzene rings is 1. The molecule has 20 heavy (non-hydrogen) atoms. The first-order chi connectivity index (χ1) is 9.47. The lowest BCUT2D eigenvalue weighted by Crippen LogP contribution is -2.29. The van der Waals surface area contributed by atoms with Gasteiger partial charge in [-0.05, 0) is 23.8 Å². The second kappa shape index (κ2) is 5.96. The van der Waals surface area contributed by atoms with Crippen molar-refractivity contribution in [3.63, 3.8) is 0 Å². The molecule has 1 aromatic carbocycles. The quantitative estimate of drug-likeness (QED) is 0.863. The number of likely N-dealkylation sites (N-methyl/N-ethyl adjacent to an activating group) is 1. The number of carbonyl (C=O) groups is 2. The van der Waals surface area contributed by atoms with Crippen LogP contribution in [0.4, 0.5) is 0 Å². The summed E-state index contributed by atoms with van der Waals surface area (Å²) in [5.41, 5.74) is 0.652. The van der Waals surface area contributed by atoms with E-state index in [1.165, 1.54) is 6.08 Å². The Kier molecular flexibility index (Phi) is 4.29. The summed E-state index contributed by atoms with van der Waals surface area (Å²) < 4.78 is 5.61. The summed E-state index contributed by atoms with van der Waals surface area (Å²) >= 11 is 6.08. The molecule has 1 heterocycles.